The van der Waals surface area contributed by atoms with Gasteiger partial charge in [0.25, 0.3) is 5.91 Å². The first-order valence-electron chi connectivity index (χ1n) is 4.87. The number of hydrogen-bond donors (Lipinski definition) is 0. The smallest absolute Gasteiger partial charge is 0.265 e. The van der Waals surface area contributed by atoms with Crippen LogP contribution in [0.5, 0.6) is 0 Å². The Labute approximate surface area is 94.7 Å². The van der Waals surface area contributed by atoms with Gasteiger partial charge in [-0.1, -0.05) is 25.1 Å². The summed E-state index contributed by atoms with van der Waals surface area (Å²) >= 11 is 5.70. The van der Waals surface area contributed by atoms with Crippen molar-refractivity contribution in [2.75, 3.05) is 0 Å². The van der Waals surface area contributed by atoms with Crippen LogP contribution in [-0.4, -0.2) is 16.6 Å². The van der Waals surface area contributed by atoms with E-state index in [4.69, 9.17) is 16.6 Å². The largest absolute Gasteiger partial charge is 0.292 e. The van der Waals surface area contributed by atoms with E-state index in [0.717, 1.165) is 11.0 Å². The third kappa shape index (κ3) is 3.53. The van der Waals surface area contributed by atoms with Gasteiger partial charge >= 0.3 is 0 Å². The van der Waals surface area contributed by atoms with Gasteiger partial charge in [0.2, 0.25) is 0 Å². The van der Waals surface area contributed by atoms with Crippen molar-refractivity contribution in [3.05, 3.63) is 35.9 Å². The molecule has 1 aromatic rings. The normalized spacial score (nSPS) is 12.2. The van der Waals surface area contributed by atoms with Crippen LogP contribution in [0, 0.1) is 0 Å². The summed E-state index contributed by atoms with van der Waals surface area (Å²) in [6.45, 7) is 3.82. The molecule has 15 heavy (non-hydrogen) atoms. The van der Waals surface area contributed by atoms with Gasteiger partial charge in [0, 0.05) is 17.3 Å². The highest BCUT2D eigenvalue weighted by molar-refractivity contribution is 6.23. The van der Waals surface area contributed by atoms with E-state index in [0.29, 0.717) is 5.56 Å². The van der Waals surface area contributed by atoms with Crippen molar-refractivity contribution < 1.29 is 9.63 Å². The van der Waals surface area contributed by atoms with Crippen molar-refractivity contribution in [2.45, 2.75) is 26.4 Å². The molecule has 82 valence electrons. The SMILES string of the molecule is CCC(C)ON(Cl)C(=O)c1ccccc1. The van der Waals surface area contributed by atoms with Crippen molar-refractivity contribution >= 4 is 17.7 Å². The van der Waals surface area contributed by atoms with E-state index >= 15 is 0 Å². The molecule has 1 atom stereocenters. The Morgan fingerprint density at radius 2 is 2.07 bits per heavy atom. The van der Waals surface area contributed by atoms with Crippen LogP contribution in [-0.2, 0) is 4.84 Å². The minimum atomic E-state index is -0.349. The van der Waals surface area contributed by atoms with Gasteiger partial charge < -0.3 is 0 Å². The first-order chi connectivity index (χ1) is 7.15. The molecule has 1 rings (SSSR count). The van der Waals surface area contributed by atoms with Crippen molar-refractivity contribution in [3.8, 4) is 0 Å². The van der Waals surface area contributed by atoms with Crippen LogP contribution >= 0.6 is 11.8 Å². The number of rotatable bonds is 4. The minimum absolute atomic E-state index is 0.0739. The zero-order valence-corrected chi connectivity index (χ0v) is 9.57. The van der Waals surface area contributed by atoms with Gasteiger partial charge in [-0.3, -0.25) is 9.63 Å². The maximum atomic E-state index is 11.7. The summed E-state index contributed by atoms with van der Waals surface area (Å²) in [6.07, 6.45) is 0.723. The van der Waals surface area contributed by atoms with Crippen molar-refractivity contribution in [3.63, 3.8) is 0 Å². The van der Waals surface area contributed by atoms with E-state index in [1.54, 1.807) is 24.3 Å². The van der Waals surface area contributed by atoms with E-state index < -0.39 is 0 Å². The average molecular weight is 228 g/mol. The van der Waals surface area contributed by atoms with Gasteiger partial charge in [-0.25, -0.2) is 0 Å². The van der Waals surface area contributed by atoms with Crippen LogP contribution in [0.15, 0.2) is 30.3 Å². The van der Waals surface area contributed by atoms with Crippen LogP contribution in [0.2, 0.25) is 0 Å². The van der Waals surface area contributed by atoms with Crippen LogP contribution in [0.1, 0.15) is 30.6 Å². The average Bonchev–Trinajstić information content (AvgIpc) is 2.29. The summed E-state index contributed by atoms with van der Waals surface area (Å²) in [5, 5.41) is 0. The van der Waals surface area contributed by atoms with Gasteiger partial charge in [-0.05, 0) is 25.5 Å². The summed E-state index contributed by atoms with van der Waals surface area (Å²) in [7, 11) is 0. The Morgan fingerprint density at radius 1 is 1.47 bits per heavy atom. The molecule has 0 fully saturated rings. The van der Waals surface area contributed by atoms with Gasteiger partial charge in [0.05, 0.1) is 6.10 Å². The predicted molar refractivity (Wildman–Crippen MR) is 59.3 cm³/mol. The van der Waals surface area contributed by atoms with Crippen molar-refractivity contribution in [2.24, 2.45) is 0 Å². The molecule has 0 heterocycles. The van der Waals surface area contributed by atoms with Gasteiger partial charge in [-0.15, -0.1) is 4.58 Å². The molecule has 0 aliphatic rings. The second-order valence-electron chi connectivity index (χ2n) is 3.24. The summed E-state index contributed by atoms with van der Waals surface area (Å²) in [5.74, 6) is -0.349. The fraction of sp³-hybridized carbons (Fsp3) is 0.364. The molecule has 1 aromatic carbocycles. The lowest BCUT2D eigenvalue weighted by Gasteiger charge is -2.17. The van der Waals surface area contributed by atoms with Crippen LogP contribution < -0.4 is 0 Å². The van der Waals surface area contributed by atoms with Gasteiger partial charge in [0.15, 0.2) is 0 Å². The molecule has 0 radical (unpaired) electrons. The summed E-state index contributed by atoms with van der Waals surface area (Å²) < 4.78 is 0.767. The Kier molecular flexibility index (Phi) is 4.59. The maximum absolute atomic E-state index is 11.7. The Balaban J connectivity index is 2.61. The molecule has 0 aliphatic carbocycles. The molecule has 0 spiro atoms. The third-order valence-electron chi connectivity index (χ3n) is 2.03. The molecule has 1 unspecified atom stereocenters. The zero-order chi connectivity index (χ0) is 11.3. The number of amides is 1. The van der Waals surface area contributed by atoms with E-state index in [1.807, 2.05) is 19.9 Å². The third-order valence-corrected chi connectivity index (χ3v) is 2.26. The molecule has 0 saturated carbocycles. The molecule has 0 saturated heterocycles. The molecule has 0 aliphatic heterocycles. The number of carbonyl (C=O) groups excluding carboxylic acids is 1. The van der Waals surface area contributed by atoms with Crippen molar-refractivity contribution in [1.82, 2.24) is 4.58 Å². The zero-order valence-electron chi connectivity index (χ0n) is 8.81. The van der Waals surface area contributed by atoms with E-state index in [9.17, 15) is 4.79 Å². The van der Waals surface area contributed by atoms with E-state index in [1.165, 1.54) is 0 Å². The highest BCUT2D eigenvalue weighted by Gasteiger charge is 2.16. The number of hydroxylamine groups is 1. The fourth-order valence-corrected chi connectivity index (χ4v) is 1.20. The predicted octanol–water partition coefficient (Wildman–Crippen LogP) is 3.01. The first-order valence-corrected chi connectivity index (χ1v) is 5.21. The molecule has 0 bridgehead atoms. The Hall–Kier alpha value is -1.06. The number of halogens is 1. The van der Waals surface area contributed by atoms with E-state index in [-0.39, 0.29) is 12.0 Å². The lowest BCUT2D eigenvalue weighted by Crippen LogP contribution is -2.26. The lowest BCUT2D eigenvalue weighted by atomic mass is 10.2. The maximum Gasteiger partial charge on any atom is 0.292 e. The molecular weight excluding hydrogens is 214 g/mol. The lowest BCUT2D eigenvalue weighted by molar-refractivity contribution is -0.0992. The topological polar surface area (TPSA) is 29.5 Å². The number of carbonyl (C=O) groups is 1. The number of hydrogen-bond acceptors (Lipinski definition) is 2. The Morgan fingerprint density at radius 3 is 2.60 bits per heavy atom. The number of nitrogens with zero attached hydrogens (tertiary/aromatic N) is 1. The summed E-state index contributed by atoms with van der Waals surface area (Å²) in [6, 6.07) is 8.78. The van der Waals surface area contributed by atoms with Gasteiger partial charge in [-0.2, -0.15) is 0 Å². The quantitative estimate of drug-likeness (QED) is 0.585. The molecule has 1 amide bonds. The standard InChI is InChI=1S/C11H14ClNO2/c1-3-9(2)15-13(12)11(14)10-7-5-4-6-8-10/h4-9H,3H2,1-2H3. The number of benzene rings is 1. The van der Waals surface area contributed by atoms with Gasteiger partial charge in [0.1, 0.15) is 0 Å². The fourth-order valence-electron chi connectivity index (χ4n) is 0.963. The monoisotopic (exact) mass is 227 g/mol. The van der Waals surface area contributed by atoms with Crippen molar-refractivity contribution in [1.29, 1.82) is 0 Å². The minimum Gasteiger partial charge on any atom is -0.265 e. The second kappa shape index (κ2) is 5.73. The summed E-state index contributed by atoms with van der Waals surface area (Å²) in [5.41, 5.74) is 0.510. The van der Waals surface area contributed by atoms with Crippen LogP contribution in [0.25, 0.3) is 0 Å². The highest BCUT2D eigenvalue weighted by Crippen LogP contribution is 2.10. The highest BCUT2D eigenvalue weighted by atomic mass is 35.5. The molecule has 0 aromatic heterocycles. The molecule has 4 heteroatoms. The Bertz CT molecular complexity index is 316. The molecule has 3 nitrogen and oxygen atoms in total. The molecular formula is C11H14ClNO2. The van der Waals surface area contributed by atoms with E-state index in [2.05, 4.69) is 0 Å². The molecule has 0 N–H and O–H groups in total. The van der Waals surface area contributed by atoms with Crippen LogP contribution in [0.4, 0.5) is 0 Å². The summed E-state index contributed by atoms with van der Waals surface area (Å²) in [4.78, 5) is 16.8. The van der Waals surface area contributed by atoms with Crippen LogP contribution in [0.3, 0.4) is 0 Å². The first kappa shape index (κ1) is 12.0. The second-order valence-corrected chi connectivity index (χ2v) is 3.55.